The maximum absolute atomic E-state index is 12.8. The van der Waals surface area contributed by atoms with Crippen molar-refractivity contribution in [2.24, 2.45) is 5.92 Å². The van der Waals surface area contributed by atoms with Crippen LogP contribution in [0.25, 0.3) is 22.3 Å². The van der Waals surface area contributed by atoms with E-state index in [2.05, 4.69) is 34.4 Å². The Morgan fingerprint density at radius 3 is 2.67 bits per heavy atom. The highest BCUT2D eigenvalue weighted by Gasteiger charge is 2.23. The molecule has 1 aliphatic rings. The van der Waals surface area contributed by atoms with Crippen molar-refractivity contribution < 1.29 is 13.2 Å². The van der Waals surface area contributed by atoms with E-state index in [1.54, 1.807) is 25.3 Å². The molecule has 1 saturated heterocycles. The molecule has 1 aliphatic heterocycles. The van der Waals surface area contributed by atoms with Crippen LogP contribution in [0.5, 0.6) is 0 Å². The van der Waals surface area contributed by atoms with Crippen molar-refractivity contribution in [2.45, 2.75) is 38.3 Å². The van der Waals surface area contributed by atoms with Crippen LogP contribution in [0.15, 0.2) is 65.7 Å². The molecule has 10 heteroatoms. The van der Waals surface area contributed by atoms with Gasteiger partial charge in [0.2, 0.25) is 0 Å². The smallest absolute Gasteiger partial charge is 0.251 e. The summed E-state index contributed by atoms with van der Waals surface area (Å²) in [6.07, 6.45) is 2.87. The number of sulfone groups is 1. The zero-order chi connectivity index (χ0) is 28.4. The van der Waals surface area contributed by atoms with Crippen LogP contribution in [-0.2, 0) is 16.4 Å². The lowest BCUT2D eigenvalue weighted by molar-refractivity contribution is 0.0950. The first-order chi connectivity index (χ1) is 19.1. The van der Waals surface area contributed by atoms with Gasteiger partial charge in [-0.15, -0.1) is 0 Å². The van der Waals surface area contributed by atoms with Crippen LogP contribution in [0.3, 0.4) is 0 Å². The molecule has 0 spiro atoms. The minimum Gasteiger partial charge on any atom is -0.354 e. The number of aryl methyl sites for hydroxylation is 1. The molecule has 9 nitrogen and oxygen atoms in total. The van der Waals surface area contributed by atoms with E-state index < -0.39 is 9.84 Å². The summed E-state index contributed by atoms with van der Waals surface area (Å²) in [5, 5.41) is 7.30. The van der Waals surface area contributed by atoms with Gasteiger partial charge in [-0.2, -0.15) is 0 Å². The third-order valence-electron chi connectivity index (χ3n) is 7.24. The number of hydrogen-bond acceptors (Lipinski definition) is 8. The fourth-order valence-corrected chi connectivity index (χ4v) is 5.88. The number of benzene rings is 1. The monoisotopic (exact) mass is 558 g/mol. The van der Waals surface area contributed by atoms with Crippen LogP contribution in [0.4, 0.5) is 5.82 Å². The van der Waals surface area contributed by atoms with Gasteiger partial charge in [0.05, 0.1) is 34.0 Å². The van der Waals surface area contributed by atoms with Gasteiger partial charge >= 0.3 is 0 Å². The van der Waals surface area contributed by atoms with E-state index in [0.717, 1.165) is 54.0 Å². The van der Waals surface area contributed by atoms with Crippen LogP contribution >= 0.6 is 0 Å². The number of amides is 1. The number of carbonyl (C=O) groups excluding carboxylic acids is 1. The number of pyridine rings is 3. The Morgan fingerprint density at radius 1 is 1.10 bits per heavy atom. The number of anilines is 1. The van der Waals surface area contributed by atoms with Crippen molar-refractivity contribution in [1.82, 2.24) is 25.6 Å². The Kier molecular flexibility index (Phi) is 7.82. The molecule has 5 rings (SSSR count). The Balaban J connectivity index is 1.33. The van der Waals surface area contributed by atoms with Crippen LogP contribution < -0.4 is 15.5 Å². The molecule has 1 fully saturated rings. The number of nitrogens with zero attached hydrogens (tertiary/aromatic N) is 4. The summed E-state index contributed by atoms with van der Waals surface area (Å²) in [7, 11) is -3.43. The highest BCUT2D eigenvalue weighted by Crippen LogP contribution is 2.24. The second kappa shape index (κ2) is 11.3. The molecule has 40 heavy (non-hydrogen) atoms. The van der Waals surface area contributed by atoms with Gasteiger partial charge in [-0.05, 0) is 60.9 Å². The van der Waals surface area contributed by atoms with Gasteiger partial charge in [0.15, 0.2) is 9.84 Å². The Labute approximate surface area is 235 Å². The highest BCUT2D eigenvalue weighted by atomic mass is 32.2. The summed E-state index contributed by atoms with van der Waals surface area (Å²) in [4.78, 5) is 29.5. The fraction of sp³-hybridized carbons (Fsp3) is 0.333. The molecule has 4 aromatic rings. The van der Waals surface area contributed by atoms with E-state index in [9.17, 15) is 13.2 Å². The molecule has 208 valence electrons. The lowest BCUT2D eigenvalue weighted by Crippen LogP contribution is -2.53. The molecule has 2 N–H and O–H groups in total. The quantitative estimate of drug-likeness (QED) is 0.352. The molecule has 1 aromatic carbocycles. The van der Waals surface area contributed by atoms with E-state index in [1.165, 1.54) is 6.07 Å². The third kappa shape index (κ3) is 6.13. The first-order valence-corrected chi connectivity index (χ1v) is 15.3. The number of nitrogens with one attached hydrogen (secondary N) is 2. The highest BCUT2D eigenvalue weighted by molar-refractivity contribution is 7.90. The average Bonchev–Trinajstić information content (AvgIpc) is 2.95. The lowest BCUT2D eigenvalue weighted by atomic mass is 10.0. The molecule has 1 amide bonds. The molecule has 1 unspecified atom stereocenters. The predicted octanol–water partition coefficient (Wildman–Crippen LogP) is 3.77. The van der Waals surface area contributed by atoms with E-state index in [0.29, 0.717) is 23.2 Å². The van der Waals surface area contributed by atoms with Crippen molar-refractivity contribution >= 4 is 32.5 Å². The Bertz CT molecular complexity index is 1670. The van der Waals surface area contributed by atoms with E-state index >= 15 is 0 Å². The van der Waals surface area contributed by atoms with Gasteiger partial charge in [-0.3, -0.25) is 9.78 Å². The summed E-state index contributed by atoms with van der Waals surface area (Å²) in [6.45, 7) is 9.10. The molecule has 3 aromatic heterocycles. The Morgan fingerprint density at radius 2 is 1.90 bits per heavy atom. The van der Waals surface area contributed by atoms with Crippen LogP contribution in [0.2, 0.25) is 0 Å². The second-order valence-electron chi connectivity index (χ2n) is 10.6. The zero-order valence-corrected chi connectivity index (χ0v) is 24.0. The van der Waals surface area contributed by atoms with Crippen LogP contribution in [0, 0.1) is 12.8 Å². The SMILES string of the molecule is Cc1ccc(C(=O)NCc2cc3nc(-c4cccc(N5CCNC(C(C)C)C5)n4)ccc3cn2)cc1S(C)(=O)=O. The van der Waals surface area contributed by atoms with E-state index in [1.807, 2.05) is 36.4 Å². The van der Waals surface area contributed by atoms with Crippen molar-refractivity contribution in [1.29, 1.82) is 0 Å². The van der Waals surface area contributed by atoms with Gasteiger partial charge in [0.1, 0.15) is 5.82 Å². The van der Waals surface area contributed by atoms with Gasteiger partial charge in [0, 0.05) is 49.1 Å². The standard InChI is InChI=1S/C30H34N6O3S/c1-19(2)27-18-36(13-12-31-27)29-7-5-6-24(35-29)25-11-10-22-16-32-23(15-26(22)34-25)17-33-30(37)21-9-8-20(3)28(14-21)40(4,38)39/h5-11,14-16,19,27,31H,12-13,17-18H2,1-4H3,(H,33,37). The maximum atomic E-state index is 12.8. The zero-order valence-electron chi connectivity index (χ0n) is 23.2. The first-order valence-electron chi connectivity index (χ1n) is 13.4. The van der Waals surface area contributed by atoms with Gasteiger partial charge in [-0.1, -0.05) is 26.0 Å². The van der Waals surface area contributed by atoms with E-state index in [4.69, 9.17) is 9.97 Å². The largest absolute Gasteiger partial charge is 0.354 e. The summed E-state index contributed by atoms with van der Waals surface area (Å²) in [5.41, 5.74) is 3.84. The van der Waals surface area contributed by atoms with Crippen LogP contribution in [0.1, 0.15) is 35.5 Å². The maximum Gasteiger partial charge on any atom is 0.251 e. The molecule has 0 aliphatic carbocycles. The summed E-state index contributed by atoms with van der Waals surface area (Å²) in [5.74, 6) is 1.12. The van der Waals surface area contributed by atoms with E-state index in [-0.39, 0.29) is 22.9 Å². The molecular formula is C30H34N6O3S. The molecule has 0 saturated carbocycles. The molecule has 0 radical (unpaired) electrons. The molecule has 4 heterocycles. The fourth-order valence-electron chi connectivity index (χ4n) is 4.89. The molecular weight excluding hydrogens is 524 g/mol. The minimum absolute atomic E-state index is 0.148. The van der Waals surface area contributed by atoms with Crippen molar-refractivity contribution in [3.05, 3.63) is 77.6 Å². The summed E-state index contributed by atoms with van der Waals surface area (Å²) >= 11 is 0. The van der Waals surface area contributed by atoms with Gasteiger partial charge < -0.3 is 15.5 Å². The molecule has 1 atom stereocenters. The molecule has 0 bridgehead atoms. The average molecular weight is 559 g/mol. The minimum atomic E-state index is -3.43. The van der Waals surface area contributed by atoms with Crippen molar-refractivity contribution in [3.63, 3.8) is 0 Å². The number of fused-ring (bicyclic) bond motifs is 1. The number of rotatable bonds is 7. The van der Waals surface area contributed by atoms with Crippen molar-refractivity contribution in [2.75, 3.05) is 30.8 Å². The van der Waals surface area contributed by atoms with Gasteiger partial charge in [0.25, 0.3) is 5.91 Å². The number of piperazine rings is 1. The van der Waals surface area contributed by atoms with Crippen molar-refractivity contribution in [3.8, 4) is 11.4 Å². The van der Waals surface area contributed by atoms with Gasteiger partial charge in [-0.25, -0.2) is 18.4 Å². The normalized spacial score (nSPS) is 15.9. The first kappa shape index (κ1) is 27.7. The predicted molar refractivity (Wildman–Crippen MR) is 157 cm³/mol. The Hall–Kier alpha value is -3.89. The van der Waals surface area contributed by atoms with Crippen LogP contribution in [-0.4, -0.2) is 61.2 Å². The lowest BCUT2D eigenvalue weighted by Gasteiger charge is -2.36. The summed E-state index contributed by atoms with van der Waals surface area (Å²) < 4.78 is 24.1. The topological polar surface area (TPSA) is 117 Å². The number of aromatic nitrogens is 3. The number of carbonyl (C=O) groups is 1. The number of hydrogen-bond donors (Lipinski definition) is 2. The second-order valence-corrected chi connectivity index (χ2v) is 12.6. The third-order valence-corrected chi connectivity index (χ3v) is 8.48. The summed E-state index contributed by atoms with van der Waals surface area (Å²) in [6, 6.07) is 16.9.